The molecule has 1 N–H and O–H groups in total. The Hall–Kier alpha value is -1.05. The molecule has 0 spiro atoms. The van der Waals surface area contributed by atoms with Crippen LogP contribution in [-0.2, 0) is 0 Å². The number of hydrogen-bond acceptors (Lipinski definition) is 1. The predicted molar refractivity (Wildman–Crippen MR) is 70.8 cm³/mol. The van der Waals surface area contributed by atoms with E-state index in [4.69, 9.17) is 0 Å². The van der Waals surface area contributed by atoms with Crippen molar-refractivity contribution in [2.45, 2.75) is 52.5 Å². The fourth-order valence-electron chi connectivity index (χ4n) is 2.70. The van der Waals surface area contributed by atoms with E-state index < -0.39 is 0 Å². The Balaban J connectivity index is 2.16. The van der Waals surface area contributed by atoms with Crippen LogP contribution in [0.15, 0.2) is 18.2 Å². The molecular weight excluding hydrogens is 213 g/mol. The van der Waals surface area contributed by atoms with Crippen LogP contribution in [0.5, 0.6) is 0 Å². The summed E-state index contributed by atoms with van der Waals surface area (Å²) in [5, 5.41) is 3.54. The van der Waals surface area contributed by atoms with Crippen LogP contribution in [0.1, 0.15) is 45.1 Å². The van der Waals surface area contributed by atoms with Crippen LogP contribution < -0.4 is 5.32 Å². The molecule has 0 aliphatic heterocycles. The Labute approximate surface area is 103 Å². The van der Waals surface area contributed by atoms with Crippen molar-refractivity contribution in [1.82, 2.24) is 0 Å². The van der Waals surface area contributed by atoms with E-state index in [1.165, 1.54) is 31.7 Å². The predicted octanol–water partition coefficient (Wildman–Crippen LogP) is 4.51. The normalized spacial score (nSPS) is 23.4. The monoisotopic (exact) mass is 235 g/mol. The Bertz CT molecular complexity index is 398. The van der Waals surface area contributed by atoms with E-state index in [9.17, 15) is 4.39 Å². The van der Waals surface area contributed by atoms with Crippen molar-refractivity contribution >= 4 is 5.69 Å². The van der Waals surface area contributed by atoms with Crippen molar-refractivity contribution in [3.8, 4) is 0 Å². The van der Waals surface area contributed by atoms with Crippen LogP contribution >= 0.6 is 0 Å². The molecule has 0 radical (unpaired) electrons. The summed E-state index contributed by atoms with van der Waals surface area (Å²) in [6, 6.07) is 5.43. The van der Waals surface area contributed by atoms with Gasteiger partial charge in [0, 0.05) is 11.7 Å². The first kappa shape index (κ1) is 12.4. The van der Waals surface area contributed by atoms with Gasteiger partial charge in [0.15, 0.2) is 0 Å². The minimum Gasteiger partial charge on any atom is -0.381 e. The lowest BCUT2D eigenvalue weighted by atomic mass is 9.73. The van der Waals surface area contributed by atoms with E-state index in [1.54, 1.807) is 6.07 Å². The first-order valence-electron chi connectivity index (χ1n) is 6.52. The molecule has 2 heteroatoms. The van der Waals surface area contributed by atoms with Gasteiger partial charge in [-0.25, -0.2) is 4.39 Å². The van der Waals surface area contributed by atoms with Gasteiger partial charge in [-0.15, -0.1) is 0 Å². The summed E-state index contributed by atoms with van der Waals surface area (Å²) in [6.07, 6.45) is 5.02. The summed E-state index contributed by atoms with van der Waals surface area (Å²) >= 11 is 0. The zero-order chi connectivity index (χ0) is 12.5. The molecule has 1 aromatic carbocycles. The smallest absolute Gasteiger partial charge is 0.125 e. The number of hydrogen-bond donors (Lipinski definition) is 1. The van der Waals surface area contributed by atoms with E-state index in [2.05, 4.69) is 19.2 Å². The molecule has 1 aliphatic carbocycles. The van der Waals surface area contributed by atoms with Crippen molar-refractivity contribution in [1.29, 1.82) is 0 Å². The lowest BCUT2D eigenvalue weighted by Crippen LogP contribution is -2.39. The number of halogens is 1. The van der Waals surface area contributed by atoms with Crippen molar-refractivity contribution < 1.29 is 4.39 Å². The second kappa shape index (κ2) is 4.67. The quantitative estimate of drug-likeness (QED) is 0.795. The molecular formula is C15H22FN. The van der Waals surface area contributed by atoms with E-state index in [0.717, 1.165) is 11.3 Å². The highest BCUT2D eigenvalue weighted by Crippen LogP contribution is 2.37. The van der Waals surface area contributed by atoms with Crippen LogP contribution in [0.25, 0.3) is 0 Å². The molecule has 1 nitrogen and oxygen atoms in total. The van der Waals surface area contributed by atoms with Gasteiger partial charge >= 0.3 is 0 Å². The van der Waals surface area contributed by atoms with Gasteiger partial charge in [-0.3, -0.25) is 0 Å². The second-order valence-corrected chi connectivity index (χ2v) is 5.89. The Kier molecular flexibility index (Phi) is 3.41. The maximum absolute atomic E-state index is 13.3. The number of nitrogens with one attached hydrogen (secondary N) is 1. The largest absolute Gasteiger partial charge is 0.381 e. The number of aryl methyl sites for hydroxylation is 1. The van der Waals surface area contributed by atoms with Gasteiger partial charge in [0.05, 0.1) is 0 Å². The Morgan fingerprint density at radius 3 is 2.76 bits per heavy atom. The van der Waals surface area contributed by atoms with E-state index >= 15 is 0 Å². The molecule has 0 amide bonds. The van der Waals surface area contributed by atoms with Gasteiger partial charge < -0.3 is 5.32 Å². The molecule has 0 saturated heterocycles. The van der Waals surface area contributed by atoms with Crippen molar-refractivity contribution in [2.24, 2.45) is 5.41 Å². The van der Waals surface area contributed by atoms with Crippen LogP contribution in [0, 0.1) is 18.2 Å². The topological polar surface area (TPSA) is 12.0 Å². The molecule has 1 aliphatic rings. The molecule has 94 valence electrons. The lowest BCUT2D eigenvalue weighted by molar-refractivity contribution is 0.217. The SMILES string of the molecule is Cc1ccc(F)cc1NC1CCCCC1(C)C. The van der Waals surface area contributed by atoms with E-state index in [-0.39, 0.29) is 5.82 Å². The minimum absolute atomic E-state index is 0.160. The van der Waals surface area contributed by atoms with Gasteiger partial charge in [0.2, 0.25) is 0 Å². The number of anilines is 1. The Morgan fingerprint density at radius 2 is 2.06 bits per heavy atom. The molecule has 1 saturated carbocycles. The van der Waals surface area contributed by atoms with Gasteiger partial charge in [-0.05, 0) is 42.9 Å². The third-order valence-corrected chi connectivity index (χ3v) is 4.04. The molecule has 1 unspecified atom stereocenters. The zero-order valence-electron chi connectivity index (χ0n) is 11.0. The van der Waals surface area contributed by atoms with Gasteiger partial charge in [0.1, 0.15) is 5.82 Å². The van der Waals surface area contributed by atoms with Crippen LogP contribution in [0.4, 0.5) is 10.1 Å². The summed E-state index contributed by atoms with van der Waals surface area (Å²) in [7, 11) is 0. The van der Waals surface area contributed by atoms with Crippen LogP contribution in [0.2, 0.25) is 0 Å². The molecule has 17 heavy (non-hydrogen) atoms. The van der Waals surface area contributed by atoms with Gasteiger partial charge in [-0.1, -0.05) is 32.8 Å². The minimum atomic E-state index is -0.160. The van der Waals surface area contributed by atoms with Crippen molar-refractivity contribution in [3.63, 3.8) is 0 Å². The average molecular weight is 235 g/mol. The van der Waals surface area contributed by atoms with Crippen LogP contribution in [0.3, 0.4) is 0 Å². The van der Waals surface area contributed by atoms with Crippen LogP contribution in [-0.4, -0.2) is 6.04 Å². The third kappa shape index (κ3) is 2.80. The summed E-state index contributed by atoms with van der Waals surface area (Å²) in [4.78, 5) is 0. The summed E-state index contributed by atoms with van der Waals surface area (Å²) in [5.41, 5.74) is 2.37. The fourth-order valence-corrected chi connectivity index (χ4v) is 2.70. The fraction of sp³-hybridized carbons (Fsp3) is 0.600. The molecule has 2 rings (SSSR count). The molecule has 1 fully saturated rings. The highest BCUT2D eigenvalue weighted by atomic mass is 19.1. The maximum Gasteiger partial charge on any atom is 0.125 e. The average Bonchev–Trinajstić information content (AvgIpc) is 2.26. The third-order valence-electron chi connectivity index (χ3n) is 4.04. The lowest BCUT2D eigenvalue weighted by Gasteiger charge is -2.40. The molecule has 0 aromatic heterocycles. The van der Waals surface area contributed by atoms with Crippen molar-refractivity contribution in [3.05, 3.63) is 29.6 Å². The first-order valence-corrected chi connectivity index (χ1v) is 6.52. The summed E-state index contributed by atoms with van der Waals surface area (Å²) < 4.78 is 13.3. The molecule has 0 heterocycles. The number of benzene rings is 1. The Morgan fingerprint density at radius 1 is 1.29 bits per heavy atom. The van der Waals surface area contributed by atoms with Gasteiger partial charge in [-0.2, -0.15) is 0 Å². The highest BCUT2D eigenvalue weighted by molar-refractivity contribution is 5.51. The zero-order valence-corrected chi connectivity index (χ0v) is 11.0. The van der Waals surface area contributed by atoms with E-state index in [1.807, 2.05) is 13.0 Å². The summed E-state index contributed by atoms with van der Waals surface area (Å²) in [5.74, 6) is -0.160. The summed E-state index contributed by atoms with van der Waals surface area (Å²) in [6.45, 7) is 6.63. The first-order chi connectivity index (χ1) is 7.99. The molecule has 1 atom stereocenters. The standard InChI is InChI=1S/C15H22FN/c1-11-7-8-12(16)10-13(11)17-14-6-4-5-9-15(14,2)3/h7-8,10,14,17H,4-6,9H2,1-3H3. The maximum atomic E-state index is 13.3. The second-order valence-electron chi connectivity index (χ2n) is 5.89. The van der Waals surface area contributed by atoms with E-state index in [0.29, 0.717) is 11.5 Å². The molecule has 0 bridgehead atoms. The van der Waals surface area contributed by atoms with Gasteiger partial charge in [0.25, 0.3) is 0 Å². The van der Waals surface area contributed by atoms with Crippen molar-refractivity contribution in [2.75, 3.05) is 5.32 Å². The molecule has 1 aromatic rings. The highest BCUT2D eigenvalue weighted by Gasteiger charge is 2.32. The number of rotatable bonds is 2.